The number of halogens is 1. The van der Waals surface area contributed by atoms with Crippen LogP contribution >= 0.6 is 11.6 Å². The van der Waals surface area contributed by atoms with E-state index in [2.05, 4.69) is 14.7 Å². The summed E-state index contributed by atoms with van der Waals surface area (Å²) in [4.78, 5) is 20.7. The van der Waals surface area contributed by atoms with Gasteiger partial charge in [0.25, 0.3) is 10.0 Å². The highest BCUT2D eigenvalue weighted by atomic mass is 35.5. The van der Waals surface area contributed by atoms with Gasteiger partial charge >= 0.3 is 0 Å². The molecular weight excluding hydrogens is 402 g/mol. The lowest BCUT2D eigenvalue weighted by Crippen LogP contribution is -2.17. The van der Waals surface area contributed by atoms with Gasteiger partial charge in [0.05, 0.1) is 22.1 Å². The zero-order valence-corrected chi connectivity index (χ0v) is 16.4. The fraction of sp³-hybridized carbons (Fsp3) is 0.105. The van der Waals surface area contributed by atoms with Crippen LogP contribution in [0.3, 0.4) is 0 Å². The molecule has 3 aromatic rings. The largest absolute Gasteiger partial charge is 0.494 e. The first kappa shape index (κ1) is 19.8. The van der Waals surface area contributed by atoms with Crippen molar-refractivity contribution in [2.45, 2.75) is 11.8 Å². The van der Waals surface area contributed by atoms with E-state index in [0.29, 0.717) is 17.9 Å². The molecule has 0 aliphatic heterocycles. The molecule has 0 aliphatic rings. The Kier molecular flexibility index (Phi) is 5.91. The Balaban J connectivity index is 1.94. The number of benzene rings is 1. The predicted molar refractivity (Wildman–Crippen MR) is 105 cm³/mol. The number of carbonyl (C=O) groups is 1. The van der Waals surface area contributed by atoms with Gasteiger partial charge in [-0.25, -0.2) is 13.4 Å². The Bertz CT molecular complexity index is 1090. The first-order valence-corrected chi connectivity index (χ1v) is 10.1. The van der Waals surface area contributed by atoms with Crippen LogP contribution in [0.25, 0.3) is 0 Å². The van der Waals surface area contributed by atoms with Crippen molar-refractivity contribution in [1.82, 2.24) is 9.97 Å². The minimum absolute atomic E-state index is 0.00927. The van der Waals surface area contributed by atoms with E-state index in [-0.39, 0.29) is 21.3 Å². The molecule has 0 amide bonds. The number of sulfonamides is 1. The zero-order valence-electron chi connectivity index (χ0n) is 14.8. The third kappa shape index (κ3) is 4.47. The molecule has 144 valence electrons. The number of anilines is 1. The third-order valence-electron chi connectivity index (χ3n) is 3.72. The van der Waals surface area contributed by atoms with E-state index in [4.69, 9.17) is 16.3 Å². The lowest BCUT2D eigenvalue weighted by Gasteiger charge is -2.12. The maximum Gasteiger partial charge on any atom is 0.263 e. The maximum absolute atomic E-state index is 12.8. The molecule has 7 nitrogen and oxygen atoms in total. The van der Waals surface area contributed by atoms with Crippen molar-refractivity contribution in [2.24, 2.45) is 0 Å². The molecule has 1 N–H and O–H groups in total. The summed E-state index contributed by atoms with van der Waals surface area (Å²) in [5, 5.41) is 0.210. The van der Waals surface area contributed by atoms with Gasteiger partial charge in [-0.2, -0.15) is 0 Å². The summed E-state index contributed by atoms with van der Waals surface area (Å²) >= 11 is 5.97. The van der Waals surface area contributed by atoms with Crippen LogP contribution in [0.5, 0.6) is 5.75 Å². The zero-order chi connectivity index (χ0) is 20.1. The van der Waals surface area contributed by atoms with E-state index < -0.39 is 15.8 Å². The van der Waals surface area contributed by atoms with Crippen LogP contribution in [-0.2, 0) is 10.0 Å². The molecule has 0 radical (unpaired) electrons. The van der Waals surface area contributed by atoms with Gasteiger partial charge in [-0.15, -0.1) is 0 Å². The number of nitrogens with one attached hydrogen (secondary N) is 1. The van der Waals surface area contributed by atoms with E-state index in [9.17, 15) is 13.2 Å². The minimum Gasteiger partial charge on any atom is -0.494 e. The fourth-order valence-electron chi connectivity index (χ4n) is 2.42. The van der Waals surface area contributed by atoms with E-state index in [0.717, 1.165) is 0 Å². The van der Waals surface area contributed by atoms with Crippen molar-refractivity contribution in [1.29, 1.82) is 0 Å². The number of ketones is 1. The van der Waals surface area contributed by atoms with Gasteiger partial charge in [0.1, 0.15) is 5.75 Å². The highest BCUT2D eigenvalue weighted by Gasteiger charge is 2.21. The van der Waals surface area contributed by atoms with Crippen LogP contribution in [0.15, 0.2) is 66.0 Å². The van der Waals surface area contributed by atoms with Gasteiger partial charge in [0, 0.05) is 24.2 Å². The smallest absolute Gasteiger partial charge is 0.263 e. The molecule has 0 aliphatic carbocycles. The maximum atomic E-state index is 12.8. The molecule has 2 heterocycles. The number of carbonyl (C=O) groups excluding carboxylic acids is 1. The van der Waals surface area contributed by atoms with Gasteiger partial charge in [0.15, 0.2) is 11.6 Å². The lowest BCUT2D eigenvalue weighted by molar-refractivity contribution is 0.103. The Hall–Kier alpha value is -2.97. The summed E-state index contributed by atoms with van der Waals surface area (Å²) in [6, 6.07) is 10.3. The summed E-state index contributed by atoms with van der Waals surface area (Å²) in [5.74, 6) is 0.0153. The molecular formula is C19H16ClN3O4S. The second kappa shape index (κ2) is 8.37. The minimum atomic E-state index is -3.97. The van der Waals surface area contributed by atoms with E-state index >= 15 is 0 Å². The Morgan fingerprint density at radius 1 is 1.14 bits per heavy atom. The Labute approximate surface area is 167 Å². The van der Waals surface area contributed by atoms with Crippen molar-refractivity contribution in [3.8, 4) is 5.75 Å². The predicted octanol–water partition coefficient (Wildman–Crippen LogP) is 3.56. The van der Waals surface area contributed by atoms with Gasteiger partial charge in [0.2, 0.25) is 0 Å². The second-order valence-electron chi connectivity index (χ2n) is 5.62. The SMILES string of the molecule is CCOc1ccc(S(=O)(=O)Nc2ncc(Cl)cc2C(=O)c2ccncc2)cc1. The number of hydrogen-bond acceptors (Lipinski definition) is 6. The van der Waals surface area contributed by atoms with E-state index in [1.165, 1.54) is 48.9 Å². The van der Waals surface area contributed by atoms with E-state index in [1.807, 2.05) is 6.92 Å². The summed E-state index contributed by atoms with van der Waals surface area (Å²) in [6.07, 6.45) is 4.20. The van der Waals surface area contributed by atoms with Crippen molar-refractivity contribution in [2.75, 3.05) is 11.3 Å². The van der Waals surface area contributed by atoms with E-state index in [1.54, 1.807) is 12.1 Å². The summed E-state index contributed by atoms with van der Waals surface area (Å²) in [5.41, 5.74) is 0.369. The summed E-state index contributed by atoms with van der Waals surface area (Å²) in [7, 11) is -3.97. The molecule has 0 saturated heterocycles. The van der Waals surface area contributed by atoms with Crippen LogP contribution in [0.1, 0.15) is 22.8 Å². The van der Waals surface area contributed by atoms with Crippen LogP contribution in [0, 0.1) is 0 Å². The van der Waals surface area contributed by atoms with Crippen LogP contribution in [0.2, 0.25) is 5.02 Å². The molecule has 2 aromatic heterocycles. The second-order valence-corrected chi connectivity index (χ2v) is 7.74. The summed E-state index contributed by atoms with van der Waals surface area (Å²) < 4.78 is 33.1. The third-order valence-corrected chi connectivity index (χ3v) is 5.28. The molecule has 0 saturated carbocycles. The monoisotopic (exact) mass is 417 g/mol. The molecule has 0 spiro atoms. The molecule has 0 bridgehead atoms. The van der Waals surface area contributed by atoms with Gasteiger partial charge < -0.3 is 4.74 Å². The topological polar surface area (TPSA) is 98.3 Å². The molecule has 3 rings (SSSR count). The van der Waals surface area contributed by atoms with Crippen LogP contribution in [0.4, 0.5) is 5.82 Å². The number of hydrogen-bond donors (Lipinski definition) is 1. The first-order chi connectivity index (χ1) is 13.4. The standard InChI is InChI=1S/C19H16ClN3O4S/c1-2-27-15-3-5-16(6-4-15)28(25,26)23-19-17(11-14(20)12-22-19)18(24)13-7-9-21-10-8-13/h3-12H,2H2,1H3,(H,22,23). The lowest BCUT2D eigenvalue weighted by atomic mass is 10.1. The number of rotatable bonds is 7. The molecule has 28 heavy (non-hydrogen) atoms. The molecule has 0 atom stereocenters. The van der Waals surface area contributed by atoms with Crippen molar-refractivity contribution in [3.05, 3.63) is 77.2 Å². The quantitative estimate of drug-likeness (QED) is 0.590. The normalized spacial score (nSPS) is 11.1. The van der Waals surface area contributed by atoms with Crippen molar-refractivity contribution >= 4 is 33.2 Å². The molecule has 1 aromatic carbocycles. The summed E-state index contributed by atoms with van der Waals surface area (Å²) in [6.45, 7) is 2.30. The van der Waals surface area contributed by atoms with Gasteiger partial charge in [-0.3, -0.25) is 14.5 Å². The van der Waals surface area contributed by atoms with Gasteiger partial charge in [-0.05, 0) is 49.4 Å². The molecule has 9 heteroatoms. The highest BCUT2D eigenvalue weighted by Crippen LogP contribution is 2.24. The van der Waals surface area contributed by atoms with Crippen LogP contribution in [-0.4, -0.2) is 30.8 Å². The van der Waals surface area contributed by atoms with Crippen LogP contribution < -0.4 is 9.46 Å². The average molecular weight is 418 g/mol. The van der Waals surface area contributed by atoms with Crippen molar-refractivity contribution < 1.29 is 17.9 Å². The van der Waals surface area contributed by atoms with Crippen molar-refractivity contribution in [3.63, 3.8) is 0 Å². The molecule has 0 fully saturated rings. The average Bonchev–Trinajstić information content (AvgIpc) is 2.70. The number of nitrogens with zero attached hydrogens (tertiary/aromatic N) is 2. The molecule has 0 unspecified atom stereocenters. The Morgan fingerprint density at radius 2 is 1.82 bits per heavy atom. The first-order valence-electron chi connectivity index (χ1n) is 8.26. The number of ether oxygens (including phenoxy) is 1. The highest BCUT2D eigenvalue weighted by molar-refractivity contribution is 7.92. The number of aromatic nitrogens is 2. The fourth-order valence-corrected chi connectivity index (χ4v) is 3.61. The Morgan fingerprint density at radius 3 is 2.46 bits per heavy atom. The van der Waals surface area contributed by atoms with Gasteiger partial charge in [-0.1, -0.05) is 11.6 Å². The number of pyridine rings is 2.